The predicted molar refractivity (Wildman–Crippen MR) is 96.2 cm³/mol. The maximum Gasteiger partial charge on any atom is 0.258 e. The fraction of sp³-hybridized carbons (Fsp3) is 0.368. The zero-order valence-corrected chi connectivity index (χ0v) is 14.1. The number of nitrogens with one attached hydrogen (secondary N) is 1. The van der Waals surface area contributed by atoms with Crippen LogP contribution in [0.1, 0.15) is 12.8 Å². The lowest BCUT2D eigenvalue weighted by Crippen LogP contribution is -2.47. The molecule has 1 saturated heterocycles. The monoisotopic (exact) mass is 341 g/mol. The Hall–Kier alpha value is -2.60. The van der Waals surface area contributed by atoms with Gasteiger partial charge in [-0.25, -0.2) is 0 Å². The Morgan fingerprint density at radius 2 is 1.84 bits per heavy atom. The number of nitrogens with zero attached hydrogens (tertiary/aromatic N) is 1. The van der Waals surface area contributed by atoms with Crippen LogP contribution in [0.3, 0.4) is 0 Å². The molecule has 25 heavy (non-hydrogen) atoms. The number of benzene rings is 2. The minimum atomic E-state index is -0.314. The van der Waals surface area contributed by atoms with E-state index in [1.807, 2.05) is 47.4 Å². The number of primary amides is 1. The number of ether oxygens (including phenoxy) is 1. The number of hydrogen-bond donors (Lipinski definition) is 2. The number of rotatable bonds is 6. The molecule has 1 aliphatic heterocycles. The van der Waals surface area contributed by atoms with Gasteiger partial charge in [0.05, 0.1) is 6.54 Å². The molecule has 3 rings (SSSR count). The largest absolute Gasteiger partial charge is 0.484 e. The summed E-state index contributed by atoms with van der Waals surface area (Å²) in [7, 11) is 0. The quantitative estimate of drug-likeness (QED) is 0.829. The number of nitrogens with two attached hydrogens (primary N) is 1. The highest BCUT2D eigenvalue weighted by atomic mass is 16.5. The molecule has 0 aliphatic carbocycles. The van der Waals surface area contributed by atoms with Gasteiger partial charge in [-0.15, -0.1) is 0 Å². The molecule has 0 saturated carbocycles. The number of piperidine rings is 1. The molecule has 6 heteroatoms. The molecule has 1 heterocycles. The van der Waals surface area contributed by atoms with Gasteiger partial charge >= 0.3 is 0 Å². The van der Waals surface area contributed by atoms with Crippen molar-refractivity contribution in [2.45, 2.75) is 18.9 Å². The lowest BCUT2D eigenvalue weighted by molar-refractivity contribution is -0.124. The van der Waals surface area contributed by atoms with Crippen LogP contribution in [0.2, 0.25) is 0 Å². The van der Waals surface area contributed by atoms with E-state index in [1.54, 1.807) is 0 Å². The van der Waals surface area contributed by atoms with Crippen LogP contribution in [-0.2, 0) is 9.59 Å². The van der Waals surface area contributed by atoms with Crippen LogP contribution in [-0.4, -0.2) is 49.0 Å². The van der Waals surface area contributed by atoms with Crippen molar-refractivity contribution in [3.05, 3.63) is 42.5 Å². The SMILES string of the molecule is NC(=O)CN1CCC(NC(=O)COc2ccc3ccccc3c2)CC1. The van der Waals surface area contributed by atoms with Crippen molar-refractivity contribution < 1.29 is 14.3 Å². The van der Waals surface area contributed by atoms with Crippen LogP contribution in [0.5, 0.6) is 5.75 Å². The first-order chi connectivity index (χ1) is 12.1. The maximum absolute atomic E-state index is 12.1. The van der Waals surface area contributed by atoms with E-state index >= 15 is 0 Å². The Labute approximate surface area is 146 Å². The molecule has 132 valence electrons. The Kier molecular flexibility index (Phi) is 5.50. The average molecular weight is 341 g/mol. The van der Waals surface area contributed by atoms with Gasteiger partial charge in [0.2, 0.25) is 5.91 Å². The fourth-order valence-electron chi connectivity index (χ4n) is 3.13. The number of likely N-dealkylation sites (tertiary alicyclic amines) is 1. The van der Waals surface area contributed by atoms with Crippen LogP contribution in [0.4, 0.5) is 0 Å². The molecule has 1 fully saturated rings. The van der Waals surface area contributed by atoms with Crippen LogP contribution in [0.15, 0.2) is 42.5 Å². The summed E-state index contributed by atoms with van der Waals surface area (Å²) in [6, 6.07) is 13.9. The second-order valence-electron chi connectivity index (χ2n) is 6.38. The molecule has 0 atom stereocenters. The second-order valence-corrected chi connectivity index (χ2v) is 6.38. The molecule has 2 amide bonds. The first-order valence-corrected chi connectivity index (χ1v) is 8.52. The molecule has 2 aromatic rings. The van der Waals surface area contributed by atoms with Crippen molar-refractivity contribution in [1.29, 1.82) is 0 Å². The summed E-state index contributed by atoms with van der Waals surface area (Å²) in [4.78, 5) is 25.0. The molecular weight excluding hydrogens is 318 g/mol. The summed E-state index contributed by atoms with van der Waals surface area (Å²) in [5, 5.41) is 5.22. The zero-order valence-electron chi connectivity index (χ0n) is 14.1. The molecule has 0 spiro atoms. The van der Waals surface area contributed by atoms with Crippen LogP contribution in [0, 0.1) is 0 Å². The van der Waals surface area contributed by atoms with E-state index in [0.717, 1.165) is 36.7 Å². The molecule has 6 nitrogen and oxygen atoms in total. The van der Waals surface area contributed by atoms with Crippen molar-refractivity contribution >= 4 is 22.6 Å². The third kappa shape index (κ3) is 4.93. The van der Waals surface area contributed by atoms with E-state index in [9.17, 15) is 9.59 Å². The van der Waals surface area contributed by atoms with Gasteiger partial charge in [0.15, 0.2) is 6.61 Å². The summed E-state index contributed by atoms with van der Waals surface area (Å²) in [6.45, 7) is 1.81. The highest BCUT2D eigenvalue weighted by molar-refractivity contribution is 5.84. The summed E-state index contributed by atoms with van der Waals surface area (Å²) in [5.41, 5.74) is 5.20. The highest BCUT2D eigenvalue weighted by Gasteiger charge is 2.21. The number of hydrogen-bond acceptors (Lipinski definition) is 4. The molecular formula is C19H23N3O3. The smallest absolute Gasteiger partial charge is 0.258 e. The Bertz CT molecular complexity index is 754. The van der Waals surface area contributed by atoms with Gasteiger partial charge in [0.25, 0.3) is 5.91 Å². The summed E-state index contributed by atoms with van der Waals surface area (Å²) in [6.07, 6.45) is 1.63. The number of fused-ring (bicyclic) bond motifs is 1. The fourth-order valence-corrected chi connectivity index (χ4v) is 3.13. The Morgan fingerprint density at radius 3 is 2.56 bits per heavy atom. The molecule has 1 aliphatic rings. The van der Waals surface area contributed by atoms with E-state index < -0.39 is 0 Å². The van der Waals surface area contributed by atoms with Crippen LogP contribution >= 0.6 is 0 Å². The molecule has 0 bridgehead atoms. The van der Waals surface area contributed by atoms with Crippen LogP contribution < -0.4 is 15.8 Å². The van der Waals surface area contributed by atoms with Crippen molar-refractivity contribution in [1.82, 2.24) is 10.2 Å². The molecule has 0 unspecified atom stereocenters. The first kappa shape index (κ1) is 17.2. The summed E-state index contributed by atoms with van der Waals surface area (Å²) >= 11 is 0. The van der Waals surface area contributed by atoms with Gasteiger partial charge in [0, 0.05) is 19.1 Å². The lowest BCUT2D eigenvalue weighted by atomic mass is 10.1. The number of carbonyl (C=O) groups excluding carboxylic acids is 2. The summed E-state index contributed by atoms with van der Waals surface area (Å²) < 4.78 is 5.61. The molecule has 0 aromatic heterocycles. The van der Waals surface area contributed by atoms with Gasteiger partial charge in [-0.1, -0.05) is 30.3 Å². The van der Waals surface area contributed by atoms with E-state index in [2.05, 4.69) is 5.32 Å². The van der Waals surface area contributed by atoms with Gasteiger partial charge in [-0.2, -0.15) is 0 Å². The van der Waals surface area contributed by atoms with Gasteiger partial charge < -0.3 is 15.8 Å². The summed E-state index contributed by atoms with van der Waals surface area (Å²) in [5.74, 6) is 0.248. The van der Waals surface area contributed by atoms with Crippen LogP contribution in [0.25, 0.3) is 10.8 Å². The highest BCUT2D eigenvalue weighted by Crippen LogP contribution is 2.20. The average Bonchev–Trinajstić information content (AvgIpc) is 2.61. The van der Waals surface area contributed by atoms with Crippen molar-refractivity contribution in [3.63, 3.8) is 0 Å². The maximum atomic E-state index is 12.1. The van der Waals surface area contributed by atoms with Crippen molar-refractivity contribution in [3.8, 4) is 5.75 Å². The van der Waals surface area contributed by atoms with Gasteiger partial charge in [0.1, 0.15) is 5.75 Å². The van der Waals surface area contributed by atoms with Gasteiger partial charge in [-0.3, -0.25) is 14.5 Å². The van der Waals surface area contributed by atoms with E-state index in [-0.39, 0.29) is 31.0 Å². The Balaban J connectivity index is 1.44. The third-order valence-corrected chi connectivity index (χ3v) is 4.42. The zero-order chi connectivity index (χ0) is 17.6. The number of carbonyl (C=O) groups is 2. The van der Waals surface area contributed by atoms with E-state index in [1.165, 1.54) is 0 Å². The topological polar surface area (TPSA) is 84.7 Å². The molecule has 3 N–H and O–H groups in total. The molecule has 2 aromatic carbocycles. The first-order valence-electron chi connectivity index (χ1n) is 8.52. The normalized spacial score (nSPS) is 15.8. The van der Waals surface area contributed by atoms with Crippen molar-refractivity contribution in [2.75, 3.05) is 26.2 Å². The van der Waals surface area contributed by atoms with Crippen molar-refractivity contribution in [2.24, 2.45) is 5.73 Å². The predicted octanol–water partition coefficient (Wildman–Crippen LogP) is 1.28. The number of amides is 2. The third-order valence-electron chi connectivity index (χ3n) is 4.42. The molecule has 0 radical (unpaired) electrons. The van der Waals surface area contributed by atoms with E-state index in [4.69, 9.17) is 10.5 Å². The van der Waals surface area contributed by atoms with E-state index in [0.29, 0.717) is 5.75 Å². The standard InChI is InChI=1S/C19H23N3O3/c20-18(23)12-22-9-7-16(8-10-22)21-19(24)13-25-17-6-5-14-3-1-2-4-15(14)11-17/h1-6,11,16H,7-10,12-13H2,(H2,20,23)(H,21,24). The second kappa shape index (κ2) is 7.98. The lowest BCUT2D eigenvalue weighted by Gasteiger charge is -2.31. The minimum Gasteiger partial charge on any atom is -0.484 e. The minimum absolute atomic E-state index is 0.000158. The Morgan fingerprint density at radius 1 is 1.12 bits per heavy atom. The van der Waals surface area contributed by atoms with Gasteiger partial charge in [-0.05, 0) is 35.7 Å².